The zero-order valence-electron chi connectivity index (χ0n) is 17.5. The van der Waals surface area contributed by atoms with E-state index < -0.39 is 0 Å². The van der Waals surface area contributed by atoms with Crippen molar-refractivity contribution in [2.75, 3.05) is 46.4 Å². The predicted octanol–water partition coefficient (Wildman–Crippen LogP) is 3.59. The van der Waals surface area contributed by atoms with E-state index in [9.17, 15) is 0 Å². The zero-order chi connectivity index (χ0) is 18.9. The van der Waals surface area contributed by atoms with E-state index in [0.29, 0.717) is 12.0 Å². The summed E-state index contributed by atoms with van der Waals surface area (Å²) < 4.78 is 5.53. The van der Waals surface area contributed by atoms with Crippen molar-refractivity contribution in [1.29, 1.82) is 0 Å². The van der Waals surface area contributed by atoms with Gasteiger partial charge >= 0.3 is 0 Å². The number of hydrogen-bond donors (Lipinski definition) is 1. The van der Waals surface area contributed by atoms with Crippen LogP contribution < -0.4 is 5.32 Å². The molecular weight excluding hydrogens is 463 g/mol. The molecule has 0 bridgehead atoms. The summed E-state index contributed by atoms with van der Waals surface area (Å²) in [5.41, 5.74) is 1.40. The largest absolute Gasteiger partial charge is 0.381 e. The van der Waals surface area contributed by atoms with Crippen LogP contribution in [0, 0.1) is 5.92 Å². The van der Waals surface area contributed by atoms with Crippen molar-refractivity contribution in [1.82, 2.24) is 15.1 Å². The summed E-state index contributed by atoms with van der Waals surface area (Å²) in [6, 6.07) is 11.4. The Labute approximate surface area is 187 Å². The summed E-state index contributed by atoms with van der Waals surface area (Å²) in [6.45, 7) is 8.95. The molecule has 2 saturated heterocycles. The molecule has 1 aromatic carbocycles. The second-order valence-corrected chi connectivity index (χ2v) is 7.91. The van der Waals surface area contributed by atoms with E-state index >= 15 is 0 Å². The van der Waals surface area contributed by atoms with Crippen molar-refractivity contribution >= 4 is 29.9 Å². The van der Waals surface area contributed by atoms with Gasteiger partial charge in [-0.3, -0.25) is 9.89 Å². The van der Waals surface area contributed by atoms with Crippen molar-refractivity contribution in [3.05, 3.63) is 35.9 Å². The topological polar surface area (TPSA) is 40.1 Å². The molecule has 2 aliphatic heterocycles. The fourth-order valence-electron chi connectivity index (χ4n) is 4.16. The number of piperidine rings is 1. The quantitative estimate of drug-likeness (QED) is 0.353. The summed E-state index contributed by atoms with van der Waals surface area (Å²) >= 11 is 0. The average Bonchev–Trinajstić information content (AvgIpc) is 3.20. The van der Waals surface area contributed by atoms with Gasteiger partial charge in [0.25, 0.3) is 0 Å². The minimum Gasteiger partial charge on any atom is -0.381 e. The number of aliphatic imine (C=N–C) groups is 1. The van der Waals surface area contributed by atoms with Crippen LogP contribution in [-0.2, 0) is 11.3 Å². The van der Waals surface area contributed by atoms with Crippen LogP contribution in [0.2, 0.25) is 0 Å². The molecule has 0 aromatic heterocycles. The normalized spacial score (nSPS) is 23.3. The third-order valence-electron chi connectivity index (χ3n) is 5.68. The molecule has 2 fully saturated rings. The van der Waals surface area contributed by atoms with E-state index in [2.05, 4.69) is 59.4 Å². The van der Waals surface area contributed by atoms with Crippen molar-refractivity contribution < 1.29 is 4.74 Å². The lowest BCUT2D eigenvalue weighted by Gasteiger charge is -2.35. The number of rotatable bonds is 7. The molecule has 0 radical (unpaired) electrons. The van der Waals surface area contributed by atoms with Gasteiger partial charge in [-0.25, -0.2) is 0 Å². The number of ether oxygens (including phenoxy) is 1. The van der Waals surface area contributed by atoms with Crippen LogP contribution in [0.5, 0.6) is 0 Å². The van der Waals surface area contributed by atoms with Crippen LogP contribution in [0.15, 0.2) is 35.3 Å². The van der Waals surface area contributed by atoms with Crippen LogP contribution in [0.25, 0.3) is 0 Å². The average molecular weight is 500 g/mol. The van der Waals surface area contributed by atoms with Gasteiger partial charge in [0.1, 0.15) is 0 Å². The SMILES string of the molecule is CCNC(=NCC1CCCCN1Cc1ccccc1)N(C)CC1CCOC1.I. The second-order valence-electron chi connectivity index (χ2n) is 7.91. The van der Waals surface area contributed by atoms with Crippen molar-refractivity contribution in [2.24, 2.45) is 10.9 Å². The van der Waals surface area contributed by atoms with Gasteiger partial charge < -0.3 is 15.0 Å². The van der Waals surface area contributed by atoms with E-state index in [1.165, 1.54) is 31.4 Å². The van der Waals surface area contributed by atoms with E-state index in [4.69, 9.17) is 9.73 Å². The van der Waals surface area contributed by atoms with E-state index in [0.717, 1.165) is 51.8 Å². The molecule has 3 rings (SSSR count). The summed E-state index contributed by atoms with van der Waals surface area (Å²) in [5, 5.41) is 3.48. The first-order valence-electron chi connectivity index (χ1n) is 10.6. The highest BCUT2D eigenvalue weighted by molar-refractivity contribution is 14.0. The Morgan fingerprint density at radius 3 is 2.79 bits per heavy atom. The molecule has 158 valence electrons. The molecule has 2 unspecified atom stereocenters. The van der Waals surface area contributed by atoms with Gasteiger partial charge in [-0.1, -0.05) is 36.8 Å². The summed E-state index contributed by atoms with van der Waals surface area (Å²) in [6.07, 6.45) is 5.03. The molecule has 6 heteroatoms. The number of hydrogen-bond acceptors (Lipinski definition) is 3. The van der Waals surface area contributed by atoms with Crippen LogP contribution in [-0.4, -0.2) is 68.2 Å². The lowest BCUT2D eigenvalue weighted by molar-refractivity contribution is 0.145. The van der Waals surface area contributed by atoms with Gasteiger partial charge in [0.05, 0.1) is 13.2 Å². The Balaban J connectivity index is 0.00000280. The molecule has 0 spiro atoms. The number of halogens is 1. The molecule has 0 amide bonds. The van der Waals surface area contributed by atoms with Gasteiger partial charge in [0.2, 0.25) is 0 Å². The van der Waals surface area contributed by atoms with E-state index in [-0.39, 0.29) is 24.0 Å². The first kappa shape index (κ1) is 23.4. The van der Waals surface area contributed by atoms with Crippen molar-refractivity contribution in [3.8, 4) is 0 Å². The van der Waals surface area contributed by atoms with Gasteiger partial charge in [0.15, 0.2) is 5.96 Å². The first-order chi connectivity index (χ1) is 13.3. The summed E-state index contributed by atoms with van der Waals surface area (Å²) in [5.74, 6) is 1.66. The van der Waals surface area contributed by atoms with Gasteiger partial charge in [-0.15, -0.1) is 24.0 Å². The fourth-order valence-corrected chi connectivity index (χ4v) is 4.16. The van der Waals surface area contributed by atoms with Crippen molar-refractivity contribution in [2.45, 2.75) is 45.2 Å². The number of likely N-dealkylation sites (tertiary alicyclic amines) is 1. The second kappa shape index (κ2) is 12.6. The van der Waals surface area contributed by atoms with Crippen LogP contribution >= 0.6 is 24.0 Å². The Hall–Kier alpha value is -0.860. The molecule has 5 nitrogen and oxygen atoms in total. The van der Waals surface area contributed by atoms with E-state index in [1.807, 2.05) is 0 Å². The lowest BCUT2D eigenvalue weighted by Crippen LogP contribution is -2.44. The highest BCUT2D eigenvalue weighted by Crippen LogP contribution is 2.20. The van der Waals surface area contributed by atoms with Crippen LogP contribution in [0.3, 0.4) is 0 Å². The molecule has 1 aromatic rings. The molecule has 0 saturated carbocycles. The number of benzene rings is 1. The van der Waals surface area contributed by atoms with Gasteiger partial charge in [-0.2, -0.15) is 0 Å². The standard InChI is InChI=1S/C22H36N4O.HI/c1-3-23-22(25(2)16-20-12-14-27-18-20)24-15-21-11-7-8-13-26(21)17-19-9-5-4-6-10-19;/h4-6,9-10,20-21H,3,7-8,11-18H2,1-2H3,(H,23,24);1H. The maximum absolute atomic E-state index is 5.53. The zero-order valence-corrected chi connectivity index (χ0v) is 19.8. The molecule has 0 aliphatic carbocycles. The molecular formula is C22H37IN4O. The van der Waals surface area contributed by atoms with Crippen molar-refractivity contribution in [3.63, 3.8) is 0 Å². The number of nitrogens with zero attached hydrogens (tertiary/aromatic N) is 3. The third-order valence-corrected chi connectivity index (χ3v) is 5.68. The Morgan fingerprint density at radius 1 is 1.25 bits per heavy atom. The van der Waals surface area contributed by atoms with E-state index in [1.54, 1.807) is 0 Å². The monoisotopic (exact) mass is 500 g/mol. The highest BCUT2D eigenvalue weighted by Gasteiger charge is 2.23. The van der Waals surface area contributed by atoms with Crippen LogP contribution in [0.4, 0.5) is 0 Å². The summed E-state index contributed by atoms with van der Waals surface area (Å²) in [7, 11) is 2.16. The maximum atomic E-state index is 5.53. The number of nitrogens with one attached hydrogen (secondary N) is 1. The Kier molecular flexibility index (Phi) is 10.6. The minimum atomic E-state index is 0. The third kappa shape index (κ3) is 7.19. The Bertz CT molecular complexity index is 577. The molecule has 2 heterocycles. The smallest absolute Gasteiger partial charge is 0.193 e. The fraction of sp³-hybridized carbons (Fsp3) is 0.682. The highest BCUT2D eigenvalue weighted by atomic mass is 127. The summed E-state index contributed by atoms with van der Waals surface area (Å²) in [4.78, 5) is 9.93. The molecule has 2 atom stereocenters. The minimum absolute atomic E-state index is 0. The maximum Gasteiger partial charge on any atom is 0.193 e. The molecule has 2 aliphatic rings. The molecule has 28 heavy (non-hydrogen) atoms. The first-order valence-corrected chi connectivity index (χ1v) is 10.6. The van der Waals surface area contributed by atoms with Gasteiger partial charge in [0, 0.05) is 45.2 Å². The van der Waals surface area contributed by atoms with Crippen LogP contribution in [0.1, 0.15) is 38.2 Å². The number of guanidine groups is 1. The Morgan fingerprint density at radius 2 is 2.07 bits per heavy atom. The predicted molar refractivity (Wildman–Crippen MR) is 127 cm³/mol. The van der Waals surface area contributed by atoms with Gasteiger partial charge in [-0.05, 0) is 38.3 Å². The lowest BCUT2D eigenvalue weighted by atomic mass is 10.0. The molecule has 1 N–H and O–H groups in total.